The number of amides is 2. The number of benzene rings is 1. The fraction of sp³-hybridized carbons (Fsp3) is 0.556. The Kier molecular flexibility index (Phi) is 4.55. The molecular formula is C18H22ClFN2O4. The maximum Gasteiger partial charge on any atom is 0.408 e. The lowest BCUT2D eigenvalue weighted by Crippen LogP contribution is -2.84. The molecule has 3 saturated carbocycles. The number of ether oxygens (including phenoxy) is 2. The van der Waals surface area contributed by atoms with E-state index >= 15 is 0 Å². The van der Waals surface area contributed by atoms with E-state index in [4.69, 9.17) is 21.1 Å². The van der Waals surface area contributed by atoms with Crippen molar-refractivity contribution in [2.24, 2.45) is 0 Å². The molecule has 3 aliphatic carbocycles. The molecule has 26 heavy (non-hydrogen) atoms. The minimum Gasteiger partial charge on any atom is -0.484 e. The van der Waals surface area contributed by atoms with Crippen LogP contribution in [0.2, 0.25) is 5.02 Å². The van der Waals surface area contributed by atoms with Crippen LogP contribution < -0.4 is 15.4 Å². The molecule has 2 N–H and O–H groups in total. The molecule has 0 radical (unpaired) electrons. The Labute approximate surface area is 156 Å². The maximum atomic E-state index is 13.3. The zero-order valence-electron chi connectivity index (χ0n) is 14.9. The van der Waals surface area contributed by atoms with Crippen molar-refractivity contribution in [1.82, 2.24) is 10.6 Å². The van der Waals surface area contributed by atoms with E-state index in [1.807, 2.05) is 20.8 Å². The summed E-state index contributed by atoms with van der Waals surface area (Å²) in [5.74, 6) is -0.646. The summed E-state index contributed by atoms with van der Waals surface area (Å²) in [4.78, 5) is 23.9. The van der Waals surface area contributed by atoms with Crippen LogP contribution in [0.25, 0.3) is 0 Å². The normalized spacial score (nSPS) is 26.2. The van der Waals surface area contributed by atoms with Gasteiger partial charge in [-0.25, -0.2) is 9.18 Å². The molecule has 3 fully saturated rings. The average molecular weight is 385 g/mol. The van der Waals surface area contributed by atoms with Crippen LogP contribution >= 0.6 is 11.6 Å². The van der Waals surface area contributed by atoms with E-state index in [2.05, 4.69) is 10.6 Å². The number of carbonyl (C=O) groups excluding carboxylic acids is 2. The van der Waals surface area contributed by atoms with Crippen molar-refractivity contribution in [3.63, 3.8) is 0 Å². The number of alkyl carbamates (subject to hydrolysis) is 1. The Hall–Kier alpha value is -2.02. The lowest BCUT2D eigenvalue weighted by atomic mass is 9.44. The van der Waals surface area contributed by atoms with E-state index in [9.17, 15) is 14.0 Å². The van der Waals surface area contributed by atoms with Gasteiger partial charge in [0.15, 0.2) is 6.61 Å². The second kappa shape index (κ2) is 6.30. The minimum absolute atomic E-state index is 0.00143. The Morgan fingerprint density at radius 2 is 1.81 bits per heavy atom. The molecule has 0 heterocycles. The fourth-order valence-electron chi connectivity index (χ4n) is 3.62. The van der Waals surface area contributed by atoms with Gasteiger partial charge >= 0.3 is 6.09 Å². The summed E-state index contributed by atoms with van der Waals surface area (Å²) in [7, 11) is 0. The third-order valence-corrected chi connectivity index (χ3v) is 4.77. The van der Waals surface area contributed by atoms with Crippen LogP contribution in [-0.2, 0) is 9.53 Å². The van der Waals surface area contributed by atoms with Crippen LogP contribution in [0, 0.1) is 5.82 Å². The molecule has 0 aliphatic heterocycles. The molecule has 0 spiro atoms. The number of rotatable bonds is 5. The Morgan fingerprint density at radius 3 is 2.38 bits per heavy atom. The predicted molar refractivity (Wildman–Crippen MR) is 93.7 cm³/mol. The number of carbonyl (C=O) groups is 2. The summed E-state index contributed by atoms with van der Waals surface area (Å²) in [6.45, 7) is 5.21. The van der Waals surface area contributed by atoms with E-state index in [-0.39, 0.29) is 34.4 Å². The van der Waals surface area contributed by atoms with E-state index < -0.39 is 17.5 Å². The van der Waals surface area contributed by atoms with Crippen LogP contribution in [0.5, 0.6) is 5.75 Å². The largest absolute Gasteiger partial charge is 0.484 e. The summed E-state index contributed by atoms with van der Waals surface area (Å²) in [6.07, 6.45) is 1.56. The van der Waals surface area contributed by atoms with Gasteiger partial charge in [0.25, 0.3) is 5.91 Å². The summed E-state index contributed by atoms with van der Waals surface area (Å²) < 4.78 is 23.9. The van der Waals surface area contributed by atoms with Gasteiger partial charge in [-0.15, -0.1) is 0 Å². The molecule has 4 rings (SSSR count). The molecule has 6 nitrogen and oxygen atoms in total. The molecule has 0 saturated heterocycles. The van der Waals surface area contributed by atoms with Crippen molar-refractivity contribution in [2.75, 3.05) is 6.61 Å². The first kappa shape index (κ1) is 18.8. The standard InChI is InChI=1S/C18H22ClFN2O4/c1-16(2,3)26-15(24)22-18-8-17(9-18,10-18)21-14(23)7-25-11-4-5-12(19)13(20)6-11/h4-6H,7-10H2,1-3H3,(H,21,23)(H,22,24). The average Bonchev–Trinajstić information content (AvgIpc) is 2.43. The van der Waals surface area contributed by atoms with Crippen LogP contribution in [0.1, 0.15) is 40.0 Å². The van der Waals surface area contributed by atoms with Crippen molar-refractivity contribution >= 4 is 23.6 Å². The molecule has 0 atom stereocenters. The Balaban J connectivity index is 1.41. The molecular weight excluding hydrogens is 363 g/mol. The quantitative estimate of drug-likeness (QED) is 0.817. The summed E-state index contributed by atoms with van der Waals surface area (Å²) >= 11 is 5.60. The molecule has 2 bridgehead atoms. The second-order valence-corrected chi connectivity index (χ2v) is 8.54. The van der Waals surface area contributed by atoms with Crippen molar-refractivity contribution < 1.29 is 23.5 Å². The second-order valence-electron chi connectivity index (χ2n) is 8.13. The molecule has 8 heteroatoms. The summed E-state index contributed by atoms with van der Waals surface area (Å²) in [6, 6.07) is 4.01. The van der Waals surface area contributed by atoms with Crippen LogP contribution in [-0.4, -0.2) is 35.3 Å². The first-order valence-electron chi connectivity index (χ1n) is 8.40. The van der Waals surface area contributed by atoms with Gasteiger partial charge in [-0.3, -0.25) is 4.79 Å². The first-order chi connectivity index (χ1) is 12.0. The number of halogens is 2. The van der Waals surface area contributed by atoms with Gasteiger partial charge < -0.3 is 20.1 Å². The number of hydrogen-bond donors (Lipinski definition) is 2. The predicted octanol–water partition coefficient (Wildman–Crippen LogP) is 3.17. The highest BCUT2D eigenvalue weighted by Crippen LogP contribution is 2.60. The molecule has 0 aromatic heterocycles. The third kappa shape index (κ3) is 4.03. The molecule has 1 aromatic carbocycles. The van der Waals surface area contributed by atoms with E-state index in [0.717, 1.165) is 6.07 Å². The highest BCUT2D eigenvalue weighted by Gasteiger charge is 2.69. The smallest absolute Gasteiger partial charge is 0.408 e. The topological polar surface area (TPSA) is 76.7 Å². The monoisotopic (exact) mass is 384 g/mol. The van der Waals surface area contributed by atoms with Gasteiger partial charge in [0, 0.05) is 11.6 Å². The lowest BCUT2D eigenvalue weighted by Gasteiger charge is -2.70. The number of nitrogens with one attached hydrogen (secondary N) is 2. The van der Waals surface area contributed by atoms with Crippen LogP contribution in [0.4, 0.5) is 9.18 Å². The molecule has 2 amide bonds. The van der Waals surface area contributed by atoms with Gasteiger partial charge in [0.05, 0.1) is 10.6 Å². The van der Waals surface area contributed by atoms with Crippen molar-refractivity contribution in [3.8, 4) is 5.75 Å². The van der Waals surface area contributed by atoms with Crippen molar-refractivity contribution in [1.29, 1.82) is 0 Å². The summed E-state index contributed by atoms with van der Waals surface area (Å²) in [5, 5.41) is 5.81. The van der Waals surface area contributed by atoms with Gasteiger partial charge in [-0.1, -0.05) is 11.6 Å². The molecule has 0 unspecified atom stereocenters. The zero-order chi connectivity index (χ0) is 19.2. The van der Waals surface area contributed by atoms with Crippen molar-refractivity contribution in [3.05, 3.63) is 29.0 Å². The molecule has 3 aliphatic rings. The Morgan fingerprint density at radius 1 is 1.19 bits per heavy atom. The third-order valence-electron chi connectivity index (χ3n) is 4.46. The SMILES string of the molecule is CC(C)(C)OC(=O)NC12CC(NC(=O)COc3ccc(Cl)c(F)c3)(C1)C2. The van der Waals surface area contributed by atoms with Crippen molar-refractivity contribution in [2.45, 2.75) is 56.7 Å². The number of hydrogen-bond acceptors (Lipinski definition) is 4. The molecule has 142 valence electrons. The van der Waals surface area contributed by atoms with E-state index in [1.165, 1.54) is 12.1 Å². The van der Waals surface area contributed by atoms with Gasteiger partial charge in [-0.2, -0.15) is 0 Å². The van der Waals surface area contributed by atoms with E-state index in [1.54, 1.807) is 0 Å². The molecule has 1 aromatic rings. The van der Waals surface area contributed by atoms with E-state index in [0.29, 0.717) is 19.3 Å². The van der Waals surface area contributed by atoms with Gasteiger partial charge in [0.2, 0.25) is 0 Å². The highest BCUT2D eigenvalue weighted by atomic mass is 35.5. The zero-order valence-corrected chi connectivity index (χ0v) is 15.7. The minimum atomic E-state index is -0.598. The highest BCUT2D eigenvalue weighted by molar-refractivity contribution is 6.30. The van der Waals surface area contributed by atoms with Gasteiger partial charge in [-0.05, 0) is 52.2 Å². The summed E-state index contributed by atoms with van der Waals surface area (Å²) in [5.41, 5.74) is -1.12. The van der Waals surface area contributed by atoms with Crippen LogP contribution in [0.15, 0.2) is 18.2 Å². The Bertz CT molecular complexity index is 727. The van der Waals surface area contributed by atoms with Gasteiger partial charge in [0.1, 0.15) is 17.2 Å². The fourth-order valence-corrected chi connectivity index (χ4v) is 3.74. The maximum absolute atomic E-state index is 13.3. The lowest BCUT2D eigenvalue weighted by molar-refractivity contribution is -0.142. The first-order valence-corrected chi connectivity index (χ1v) is 8.78. The van der Waals surface area contributed by atoms with Crippen LogP contribution in [0.3, 0.4) is 0 Å².